The van der Waals surface area contributed by atoms with E-state index in [1.807, 2.05) is 48.8 Å². The summed E-state index contributed by atoms with van der Waals surface area (Å²) in [7, 11) is 0. The summed E-state index contributed by atoms with van der Waals surface area (Å²) in [5, 5.41) is 2.61. The minimum atomic E-state index is 0.833. The van der Waals surface area contributed by atoms with Crippen LogP contribution in [-0.2, 0) is 0 Å². The molecule has 0 amide bonds. The molecule has 35 heavy (non-hydrogen) atoms. The average Bonchev–Trinajstić information content (AvgIpc) is 3.26. The van der Waals surface area contributed by atoms with Gasteiger partial charge in [0.2, 0.25) is 0 Å². The van der Waals surface area contributed by atoms with Crippen LogP contribution in [0.15, 0.2) is 128 Å². The van der Waals surface area contributed by atoms with Gasteiger partial charge in [0.1, 0.15) is 11.6 Å². The molecule has 0 saturated heterocycles. The summed E-state index contributed by atoms with van der Waals surface area (Å²) < 4.78 is 0. The lowest BCUT2D eigenvalue weighted by atomic mass is 9.94. The molecule has 6 aromatic rings. The third kappa shape index (κ3) is 3.13. The molecule has 0 bridgehead atoms. The molecule has 0 spiro atoms. The lowest BCUT2D eigenvalue weighted by Crippen LogP contribution is -2.12. The van der Waals surface area contributed by atoms with Crippen LogP contribution in [0, 0.1) is 0 Å². The van der Waals surface area contributed by atoms with Gasteiger partial charge in [-0.15, -0.1) is 0 Å². The van der Waals surface area contributed by atoms with E-state index < -0.39 is 0 Å². The molecule has 0 saturated carbocycles. The number of pyridine rings is 2. The van der Waals surface area contributed by atoms with Gasteiger partial charge in [-0.25, -0.2) is 9.97 Å². The van der Waals surface area contributed by atoms with Crippen molar-refractivity contribution in [3.05, 3.63) is 128 Å². The molecule has 0 radical (unpaired) electrons. The molecule has 0 aliphatic heterocycles. The fraction of sp³-hybridized carbons (Fsp3) is 0. The Balaban J connectivity index is 1.41. The highest BCUT2D eigenvalue weighted by molar-refractivity contribution is 6.18. The van der Waals surface area contributed by atoms with E-state index >= 15 is 0 Å². The number of benzene rings is 4. The first-order chi connectivity index (χ1) is 17.4. The predicted octanol–water partition coefficient (Wildman–Crippen LogP) is 8.41. The Morgan fingerprint density at radius 1 is 0.457 bits per heavy atom. The summed E-state index contributed by atoms with van der Waals surface area (Å²) in [6.45, 7) is 0. The molecular formula is C32H21N3. The van der Waals surface area contributed by atoms with E-state index in [1.54, 1.807) is 0 Å². The molecule has 2 aromatic heterocycles. The van der Waals surface area contributed by atoms with Crippen molar-refractivity contribution >= 4 is 28.1 Å². The van der Waals surface area contributed by atoms with Crippen LogP contribution in [0.25, 0.3) is 44.2 Å². The van der Waals surface area contributed by atoms with Crippen LogP contribution in [0.4, 0.5) is 17.3 Å². The van der Waals surface area contributed by atoms with Crippen LogP contribution >= 0.6 is 0 Å². The van der Waals surface area contributed by atoms with Crippen LogP contribution in [0.5, 0.6) is 0 Å². The van der Waals surface area contributed by atoms with Gasteiger partial charge < -0.3 is 0 Å². The topological polar surface area (TPSA) is 29.0 Å². The summed E-state index contributed by atoms with van der Waals surface area (Å²) in [5.41, 5.74) is 8.67. The molecule has 0 atom stereocenters. The first-order valence-electron chi connectivity index (χ1n) is 11.8. The summed E-state index contributed by atoms with van der Waals surface area (Å²) in [6.07, 6.45) is 3.63. The number of nitrogens with zero attached hydrogens (tertiary/aromatic N) is 3. The maximum atomic E-state index is 4.62. The van der Waals surface area contributed by atoms with Gasteiger partial charge in [-0.05, 0) is 80.6 Å². The summed E-state index contributed by atoms with van der Waals surface area (Å²) in [6, 6.07) is 40.4. The Hall–Kier alpha value is -4.76. The molecule has 7 rings (SSSR count). The average molecular weight is 448 g/mol. The van der Waals surface area contributed by atoms with Crippen molar-refractivity contribution in [2.45, 2.75) is 0 Å². The van der Waals surface area contributed by atoms with Crippen LogP contribution in [0.2, 0.25) is 0 Å². The molecule has 0 N–H and O–H groups in total. The van der Waals surface area contributed by atoms with Gasteiger partial charge in [-0.1, -0.05) is 78.9 Å². The van der Waals surface area contributed by atoms with E-state index in [2.05, 4.69) is 93.7 Å². The van der Waals surface area contributed by atoms with Crippen molar-refractivity contribution in [2.75, 3.05) is 4.90 Å². The van der Waals surface area contributed by atoms with Gasteiger partial charge in [0.05, 0.1) is 0 Å². The number of hydrogen-bond donors (Lipinski definition) is 0. The number of anilines is 3. The minimum Gasteiger partial charge on any atom is -0.279 e. The van der Waals surface area contributed by atoms with Crippen molar-refractivity contribution < 1.29 is 0 Å². The third-order valence-corrected chi connectivity index (χ3v) is 6.72. The van der Waals surface area contributed by atoms with E-state index in [0.29, 0.717) is 0 Å². The van der Waals surface area contributed by atoms with Crippen molar-refractivity contribution in [1.82, 2.24) is 9.97 Å². The van der Waals surface area contributed by atoms with Crippen LogP contribution in [0.1, 0.15) is 0 Å². The zero-order valence-corrected chi connectivity index (χ0v) is 19.0. The largest absolute Gasteiger partial charge is 0.279 e. The monoisotopic (exact) mass is 447 g/mol. The van der Waals surface area contributed by atoms with Crippen LogP contribution in [-0.4, -0.2) is 9.97 Å². The molecule has 3 heteroatoms. The molecule has 0 unspecified atom stereocenters. The van der Waals surface area contributed by atoms with Crippen molar-refractivity contribution in [1.29, 1.82) is 0 Å². The SMILES string of the molecule is c1ccc(N(c2cccc(-c3ccc4c5c(cccc35)-c3ccccc3-4)c2)c2ccccn2)nc1. The number of hydrogen-bond acceptors (Lipinski definition) is 3. The van der Waals surface area contributed by atoms with E-state index in [-0.39, 0.29) is 0 Å². The zero-order chi connectivity index (χ0) is 23.2. The molecule has 0 fully saturated rings. The number of rotatable bonds is 4. The lowest BCUT2D eigenvalue weighted by Gasteiger charge is -2.23. The predicted molar refractivity (Wildman–Crippen MR) is 144 cm³/mol. The first kappa shape index (κ1) is 19.7. The molecule has 1 aliphatic rings. The quantitative estimate of drug-likeness (QED) is 0.271. The number of fused-ring (bicyclic) bond motifs is 3. The van der Waals surface area contributed by atoms with Crippen LogP contribution < -0.4 is 4.90 Å². The van der Waals surface area contributed by atoms with E-state index in [0.717, 1.165) is 17.3 Å². The lowest BCUT2D eigenvalue weighted by molar-refractivity contribution is 1.13. The molecule has 164 valence electrons. The van der Waals surface area contributed by atoms with Gasteiger partial charge in [0.25, 0.3) is 0 Å². The van der Waals surface area contributed by atoms with E-state index in [9.17, 15) is 0 Å². The second kappa shape index (κ2) is 7.93. The second-order valence-electron chi connectivity index (χ2n) is 8.70. The summed E-state index contributed by atoms with van der Waals surface area (Å²) in [4.78, 5) is 11.3. The Bertz CT molecular complexity index is 1620. The van der Waals surface area contributed by atoms with Gasteiger partial charge in [-0.2, -0.15) is 0 Å². The first-order valence-corrected chi connectivity index (χ1v) is 11.8. The minimum absolute atomic E-state index is 0.833. The second-order valence-corrected chi connectivity index (χ2v) is 8.70. The molecule has 4 aromatic carbocycles. The van der Waals surface area contributed by atoms with E-state index in [1.165, 1.54) is 44.2 Å². The highest BCUT2D eigenvalue weighted by Gasteiger charge is 2.22. The highest BCUT2D eigenvalue weighted by atomic mass is 15.2. The maximum Gasteiger partial charge on any atom is 0.138 e. The van der Waals surface area contributed by atoms with Gasteiger partial charge >= 0.3 is 0 Å². The van der Waals surface area contributed by atoms with Gasteiger partial charge in [-0.3, -0.25) is 4.90 Å². The molecular weight excluding hydrogens is 426 g/mol. The fourth-order valence-corrected chi connectivity index (χ4v) is 5.23. The molecule has 3 nitrogen and oxygen atoms in total. The zero-order valence-electron chi connectivity index (χ0n) is 19.0. The highest BCUT2D eigenvalue weighted by Crippen LogP contribution is 2.49. The Morgan fingerprint density at radius 2 is 1.06 bits per heavy atom. The maximum absolute atomic E-state index is 4.62. The van der Waals surface area contributed by atoms with Crippen LogP contribution in [0.3, 0.4) is 0 Å². The normalized spacial score (nSPS) is 11.4. The van der Waals surface area contributed by atoms with Crippen molar-refractivity contribution in [2.24, 2.45) is 0 Å². The molecule has 2 heterocycles. The van der Waals surface area contributed by atoms with Gasteiger partial charge in [0.15, 0.2) is 0 Å². The third-order valence-electron chi connectivity index (χ3n) is 6.72. The Kier molecular flexibility index (Phi) is 4.46. The smallest absolute Gasteiger partial charge is 0.138 e. The Labute approximate surface area is 204 Å². The number of aromatic nitrogens is 2. The van der Waals surface area contributed by atoms with E-state index in [4.69, 9.17) is 0 Å². The summed E-state index contributed by atoms with van der Waals surface area (Å²) in [5.74, 6) is 1.67. The summed E-state index contributed by atoms with van der Waals surface area (Å²) >= 11 is 0. The standard InChI is InChI=1S/C32H21N3/c1-2-12-26-25(11-1)28-14-8-13-27-24(17-18-29(26)32(27)28)22-9-7-10-23(21-22)35(30-15-3-5-19-33-30)31-16-4-6-20-34-31/h1-21H. The van der Waals surface area contributed by atoms with Crippen molar-refractivity contribution in [3.63, 3.8) is 0 Å². The molecule has 1 aliphatic carbocycles. The fourth-order valence-electron chi connectivity index (χ4n) is 5.23. The van der Waals surface area contributed by atoms with Gasteiger partial charge in [0, 0.05) is 18.1 Å². The van der Waals surface area contributed by atoms with Crippen molar-refractivity contribution in [3.8, 4) is 33.4 Å². The Morgan fingerprint density at radius 3 is 1.74 bits per heavy atom.